The van der Waals surface area contributed by atoms with Gasteiger partial charge in [0.25, 0.3) is 0 Å². The Morgan fingerprint density at radius 3 is 2.44 bits per heavy atom. The lowest BCUT2D eigenvalue weighted by molar-refractivity contribution is 0.475. The molecule has 2 heterocycles. The van der Waals surface area contributed by atoms with Crippen molar-refractivity contribution >= 4 is 34.6 Å². The molecule has 0 aliphatic carbocycles. The molecule has 0 spiro atoms. The number of aromatic hydroxyl groups is 1. The molecule has 0 unspecified atom stereocenters. The first-order chi connectivity index (χ1) is 13.2. The van der Waals surface area contributed by atoms with Crippen molar-refractivity contribution in [3.63, 3.8) is 0 Å². The number of thiophene rings is 1. The molecule has 0 saturated carbocycles. The van der Waals surface area contributed by atoms with Gasteiger partial charge in [-0.25, -0.2) is 14.1 Å². The molecule has 0 aliphatic heterocycles. The van der Waals surface area contributed by atoms with Crippen LogP contribution in [0.1, 0.15) is 5.56 Å². The predicted octanol–water partition coefficient (Wildman–Crippen LogP) is 5.24. The monoisotopic (exact) mass is 395 g/mol. The van der Waals surface area contributed by atoms with E-state index in [1.807, 2.05) is 22.9 Å². The van der Waals surface area contributed by atoms with Gasteiger partial charge in [-0.1, -0.05) is 6.07 Å². The molecule has 27 heavy (non-hydrogen) atoms. The average molecular weight is 395 g/mol. The van der Waals surface area contributed by atoms with Crippen LogP contribution in [0.5, 0.6) is 5.75 Å². The molecule has 7 heteroatoms. The quantitative estimate of drug-likeness (QED) is 0.472. The van der Waals surface area contributed by atoms with E-state index in [9.17, 15) is 9.50 Å². The summed E-state index contributed by atoms with van der Waals surface area (Å²) in [5.41, 5.74) is 2.45. The van der Waals surface area contributed by atoms with Crippen LogP contribution >= 0.6 is 22.7 Å². The Bertz CT molecular complexity index is 1130. The molecule has 2 aromatic carbocycles. The fraction of sp³-hybridized carbons (Fsp3) is 0. The van der Waals surface area contributed by atoms with Crippen LogP contribution in [-0.2, 0) is 0 Å². The lowest BCUT2D eigenvalue weighted by Crippen LogP contribution is -2.11. The lowest BCUT2D eigenvalue weighted by atomic mass is 10.2. The van der Waals surface area contributed by atoms with E-state index in [0.29, 0.717) is 10.5 Å². The lowest BCUT2D eigenvalue weighted by Gasteiger charge is -2.01. The summed E-state index contributed by atoms with van der Waals surface area (Å²) in [6.07, 6.45) is 1.72. The first-order valence-electron chi connectivity index (χ1n) is 8.07. The van der Waals surface area contributed by atoms with Crippen LogP contribution in [0.4, 0.5) is 10.1 Å². The number of aromatic nitrogens is 1. The Morgan fingerprint density at radius 1 is 0.963 bits per heavy atom. The number of phenolic OH excluding ortho intramolecular Hbond substituents is 1. The first-order valence-corrected chi connectivity index (χ1v) is 9.83. The molecule has 0 atom stereocenters. The molecule has 4 aromatic rings. The van der Waals surface area contributed by atoms with Crippen LogP contribution in [0.3, 0.4) is 0 Å². The molecule has 0 bridgehead atoms. The topological polar surface area (TPSA) is 49.9 Å². The molecule has 4 nitrogen and oxygen atoms in total. The van der Waals surface area contributed by atoms with Gasteiger partial charge in [0.05, 0.1) is 22.5 Å². The smallest absolute Gasteiger partial charge is 0.211 e. The van der Waals surface area contributed by atoms with E-state index < -0.39 is 0 Å². The van der Waals surface area contributed by atoms with E-state index in [1.54, 1.807) is 58.6 Å². The van der Waals surface area contributed by atoms with Gasteiger partial charge in [0.1, 0.15) is 11.6 Å². The Hall–Kier alpha value is -3.03. The molecule has 1 N–H and O–H groups in total. The van der Waals surface area contributed by atoms with Gasteiger partial charge < -0.3 is 5.11 Å². The van der Waals surface area contributed by atoms with Crippen molar-refractivity contribution in [1.82, 2.24) is 4.68 Å². The summed E-state index contributed by atoms with van der Waals surface area (Å²) in [7, 11) is 0. The van der Waals surface area contributed by atoms with Gasteiger partial charge in [-0.2, -0.15) is 5.10 Å². The van der Waals surface area contributed by atoms with Gasteiger partial charge in [-0.05, 0) is 65.5 Å². The molecule has 134 valence electrons. The molecular weight excluding hydrogens is 381 g/mol. The standard InChI is InChI=1S/C20H14FN3OS2/c21-15-5-7-16(8-6-15)23-20-24(18(13-27-20)19-2-1-11-26-19)22-12-14-3-9-17(25)10-4-14/h1-13,25H. The van der Waals surface area contributed by atoms with Gasteiger partial charge in [0, 0.05) is 5.38 Å². The van der Waals surface area contributed by atoms with Gasteiger partial charge in [-0.3, -0.25) is 0 Å². The van der Waals surface area contributed by atoms with Crippen LogP contribution in [0, 0.1) is 5.82 Å². The number of halogens is 1. The minimum Gasteiger partial charge on any atom is -0.508 e. The van der Waals surface area contributed by atoms with E-state index in [1.165, 1.54) is 23.5 Å². The number of phenols is 1. The summed E-state index contributed by atoms with van der Waals surface area (Å²) in [6.45, 7) is 0. The third-order valence-electron chi connectivity index (χ3n) is 3.73. The second-order valence-corrected chi connectivity index (χ2v) is 7.40. The molecule has 0 saturated heterocycles. The van der Waals surface area contributed by atoms with Crippen molar-refractivity contribution < 1.29 is 9.50 Å². The number of thiazole rings is 1. The van der Waals surface area contributed by atoms with E-state index in [2.05, 4.69) is 10.1 Å². The van der Waals surface area contributed by atoms with Crippen molar-refractivity contribution in [2.45, 2.75) is 0 Å². The number of benzene rings is 2. The Morgan fingerprint density at radius 2 is 1.74 bits per heavy atom. The molecule has 0 fully saturated rings. The van der Waals surface area contributed by atoms with Crippen molar-refractivity contribution in [1.29, 1.82) is 0 Å². The van der Waals surface area contributed by atoms with Crippen LogP contribution in [0.2, 0.25) is 0 Å². The first kappa shape index (κ1) is 17.4. The fourth-order valence-corrected chi connectivity index (χ4v) is 4.04. The maximum absolute atomic E-state index is 13.1. The van der Waals surface area contributed by atoms with Gasteiger partial charge in [0.2, 0.25) is 4.80 Å². The molecule has 0 aliphatic rings. The SMILES string of the molecule is Oc1ccc(C=Nn2c(-c3cccs3)csc2=Nc2ccc(F)cc2)cc1. The number of nitrogens with zero attached hydrogens (tertiary/aromatic N) is 3. The highest BCUT2D eigenvalue weighted by Crippen LogP contribution is 2.25. The fourth-order valence-electron chi connectivity index (χ4n) is 2.39. The van der Waals surface area contributed by atoms with Crippen molar-refractivity contribution in [3.05, 3.63) is 87.6 Å². The second kappa shape index (κ2) is 7.69. The minimum absolute atomic E-state index is 0.210. The van der Waals surface area contributed by atoms with Gasteiger partial charge >= 0.3 is 0 Å². The van der Waals surface area contributed by atoms with E-state index in [4.69, 9.17) is 0 Å². The number of hydrogen-bond acceptors (Lipinski definition) is 5. The zero-order valence-corrected chi connectivity index (χ0v) is 15.6. The van der Waals surface area contributed by atoms with E-state index in [0.717, 1.165) is 16.1 Å². The molecule has 0 amide bonds. The minimum atomic E-state index is -0.294. The largest absolute Gasteiger partial charge is 0.508 e. The molecule has 0 radical (unpaired) electrons. The van der Waals surface area contributed by atoms with Crippen LogP contribution in [0.25, 0.3) is 10.6 Å². The summed E-state index contributed by atoms with van der Waals surface area (Å²) in [5.74, 6) is -0.0840. The summed E-state index contributed by atoms with van der Waals surface area (Å²) in [5, 5.41) is 18.0. The van der Waals surface area contributed by atoms with Gasteiger partial charge in [-0.15, -0.1) is 22.7 Å². The summed E-state index contributed by atoms with van der Waals surface area (Å²) in [4.78, 5) is 6.36. The highest BCUT2D eigenvalue weighted by atomic mass is 32.1. The molecular formula is C20H14FN3OS2. The highest BCUT2D eigenvalue weighted by Gasteiger charge is 2.08. The van der Waals surface area contributed by atoms with Crippen molar-refractivity contribution in [3.8, 4) is 16.3 Å². The zero-order valence-electron chi connectivity index (χ0n) is 14.0. The van der Waals surface area contributed by atoms with Crippen LogP contribution < -0.4 is 4.80 Å². The number of hydrogen-bond donors (Lipinski definition) is 1. The van der Waals surface area contributed by atoms with Crippen LogP contribution in [-0.4, -0.2) is 16.0 Å². The highest BCUT2D eigenvalue weighted by molar-refractivity contribution is 7.14. The van der Waals surface area contributed by atoms with E-state index in [-0.39, 0.29) is 11.6 Å². The van der Waals surface area contributed by atoms with E-state index >= 15 is 0 Å². The molecule has 2 aromatic heterocycles. The molecule has 4 rings (SSSR count). The normalized spacial score (nSPS) is 12.1. The Kier molecular flexibility index (Phi) is 4.95. The third-order valence-corrected chi connectivity index (χ3v) is 5.43. The third kappa shape index (κ3) is 4.05. The summed E-state index contributed by atoms with van der Waals surface area (Å²) < 4.78 is 14.9. The average Bonchev–Trinajstić information content (AvgIpc) is 3.33. The zero-order chi connectivity index (χ0) is 18.6. The Balaban J connectivity index is 1.80. The Labute approximate surface area is 162 Å². The van der Waals surface area contributed by atoms with Crippen molar-refractivity contribution in [2.24, 2.45) is 10.1 Å². The number of rotatable bonds is 4. The summed E-state index contributed by atoms with van der Waals surface area (Å²) >= 11 is 3.09. The van der Waals surface area contributed by atoms with Gasteiger partial charge in [0.15, 0.2) is 0 Å². The predicted molar refractivity (Wildman–Crippen MR) is 108 cm³/mol. The van der Waals surface area contributed by atoms with Crippen molar-refractivity contribution in [2.75, 3.05) is 0 Å². The summed E-state index contributed by atoms with van der Waals surface area (Å²) in [6, 6.07) is 16.9. The maximum Gasteiger partial charge on any atom is 0.211 e. The van der Waals surface area contributed by atoms with Crippen LogP contribution in [0.15, 0.2) is 81.5 Å². The second-order valence-electron chi connectivity index (χ2n) is 5.62. The maximum atomic E-state index is 13.1.